The Morgan fingerprint density at radius 3 is 2.65 bits per heavy atom. The van der Waals surface area contributed by atoms with Crippen molar-refractivity contribution in [1.82, 2.24) is 10.2 Å². The summed E-state index contributed by atoms with van der Waals surface area (Å²) in [7, 11) is 3.94. The molecule has 1 N–H and O–H groups in total. The first-order chi connectivity index (χ1) is 7.86. The maximum atomic E-state index is 13.6. The molecule has 0 spiro atoms. The number of benzene rings is 1. The lowest BCUT2D eigenvalue weighted by Gasteiger charge is -2.35. The summed E-state index contributed by atoms with van der Waals surface area (Å²) in [4.78, 5) is 2.15. The molecule has 17 heavy (non-hydrogen) atoms. The molecule has 0 saturated heterocycles. The molecule has 1 rings (SSSR count). The smallest absolute Gasteiger partial charge is 0.127 e. The average Bonchev–Trinajstić information content (AvgIpc) is 2.23. The lowest BCUT2D eigenvalue weighted by molar-refractivity contribution is 0.146. The van der Waals surface area contributed by atoms with E-state index in [4.69, 9.17) is 0 Å². The first-order valence-corrected chi connectivity index (χ1v) is 6.46. The third-order valence-electron chi connectivity index (χ3n) is 3.06. The predicted octanol–water partition coefficient (Wildman–Crippen LogP) is 3.02. The maximum Gasteiger partial charge on any atom is 0.127 e. The van der Waals surface area contributed by atoms with E-state index in [-0.39, 0.29) is 11.4 Å². The molecule has 0 radical (unpaired) electrons. The Balaban J connectivity index is 2.80. The van der Waals surface area contributed by atoms with Crippen molar-refractivity contribution in [2.24, 2.45) is 0 Å². The Morgan fingerprint density at radius 2 is 2.06 bits per heavy atom. The van der Waals surface area contributed by atoms with E-state index in [1.807, 2.05) is 20.2 Å². The minimum Gasteiger partial charge on any atom is -0.318 e. The van der Waals surface area contributed by atoms with Crippen LogP contribution >= 0.6 is 15.9 Å². The number of hydrogen-bond donors (Lipinski definition) is 1. The van der Waals surface area contributed by atoms with Crippen LogP contribution in [0.2, 0.25) is 0 Å². The van der Waals surface area contributed by atoms with Gasteiger partial charge in [0.1, 0.15) is 5.82 Å². The van der Waals surface area contributed by atoms with E-state index in [9.17, 15) is 4.39 Å². The number of likely N-dealkylation sites (N-methyl/N-ethyl adjacent to an activating group) is 2. The van der Waals surface area contributed by atoms with E-state index in [1.54, 1.807) is 6.07 Å². The van der Waals surface area contributed by atoms with E-state index < -0.39 is 0 Å². The van der Waals surface area contributed by atoms with Crippen molar-refractivity contribution in [3.63, 3.8) is 0 Å². The predicted molar refractivity (Wildman–Crippen MR) is 73.6 cm³/mol. The fourth-order valence-corrected chi connectivity index (χ4v) is 2.11. The molecule has 0 aliphatic carbocycles. The summed E-state index contributed by atoms with van der Waals surface area (Å²) in [5, 5.41) is 3.16. The van der Waals surface area contributed by atoms with Crippen LogP contribution in [-0.4, -0.2) is 31.1 Å². The van der Waals surface area contributed by atoms with Gasteiger partial charge < -0.3 is 5.32 Å². The normalized spacial score (nSPS) is 12.2. The standard InChI is InChI=1S/C13H20BrFN2/c1-13(2,9-16-3)17(4)8-10-7-11(14)5-6-12(10)15/h5-7,16H,8-9H2,1-4H3. The SMILES string of the molecule is CNCC(C)(C)N(C)Cc1cc(Br)ccc1F. The molecule has 0 aliphatic rings. The quantitative estimate of drug-likeness (QED) is 0.899. The van der Waals surface area contributed by atoms with E-state index in [2.05, 4.69) is 40.0 Å². The first-order valence-electron chi connectivity index (χ1n) is 5.66. The zero-order valence-corrected chi connectivity index (χ0v) is 12.4. The zero-order valence-electron chi connectivity index (χ0n) is 10.8. The molecule has 0 atom stereocenters. The summed E-state index contributed by atoms with van der Waals surface area (Å²) in [5.41, 5.74) is 0.704. The highest BCUT2D eigenvalue weighted by molar-refractivity contribution is 9.10. The van der Waals surface area contributed by atoms with Crippen LogP contribution < -0.4 is 5.32 Å². The molecule has 0 saturated carbocycles. The molecule has 0 aliphatic heterocycles. The monoisotopic (exact) mass is 302 g/mol. The van der Waals surface area contributed by atoms with E-state index in [0.717, 1.165) is 11.0 Å². The highest BCUT2D eigenvalue weighted by Crippen LogP contribution is 2.20. The molecule has 1 aromatic carbocycles. The van der Waals surface area contributed by atoms with Gasteiger partial charge >= 0.3 is 0 Å². The van der Waals surface area contributed by atoms with Gasteiger partial charge in [-0.25, -0.2) is 4.39 Å². The second-order valence-electron chi connectivity index (χ2n) is 4.93. The van der Waals surface area contributed by atoms with Crippen molar-refractivity contribution in [2.45, 2.75) is 25.9 Å². The van der Waals surface area contributed by atoms with Crippen LogP contribution in [0.1, 0.15) is 19.4 Å². The Morgan fingerprint density at radius 1 is 1.41 bits per heavy atom. The Kier molecular flexibility index (Phi) is 5.10. The van der Waals surface area contributed by atoms with Crippen molar-refractivity contribution >= 4 is 15.9 Å². The summed E-state index contributed by atoms with van der Waals surface area (Å²) < 4.78 is 14.6. The summed E-state index contributed by atoms with van der Waals surface area (Å²) in [5.74, 6) is -0.152. The van der Waals surface area contributed by atoms with Crippen molar-refractivity contribution < 1.29 is 4.39 Å². The van der Waals surface area contributed by atoms with Crippen LogP contribution in [-0.2, 0) is 6.54 Å². The van der Waals surface area contributed by atoms with Gasteiger partial charge in [-0.15, -0.1) is 0 Å². The average molecular weight is 303 g/mol. The summed E-state index contributed by atoms with van der Waals surface area (Å²) in [6, 6.07) is 5.05. The van der Waals surface area contributed by atoms with Gasteiger partial charge in [0.15, 0.2) is 0 Å². The second kappa shape index (κ2) is 5.94. The lowest BCUT2D eigenvalue weighted by Crippen LogP contribution is -2.47. The van der Waals surface area contributed by atoms with E-state index >= 15 is 0 Å². The number of rotatable bonds is 5. The van der Waals surface area contributed by atoms with Gasteiger partial charge in [-0.3, -0.25) is 4.90 Å². The van der Waals surface area contributed by atoms with Gasteiger partial charge in [0.25, 0.3) is 0 Å². The fourth-order valence-electron chi connectivity index (χ4n) is 1.70. The van der Waals surface area contributed by atoms with Crippen LogP contribution in [0.15, 0.2) is 22.7 Å². The van der Waals surface area contributed by atoms with E-state index in [1.165, 1.54) is 6.07 Å². The summed E-state index contributed by atoms with van der Waals surface area (Å²) in [6.45, 7) is 5.73. The van der Waals surface area contributed by atoms with Crippen LogP contribution in [0.25, 0.3) is 0 Å². The molecule has 96 valence electrons. The Hall–Kier alpha value is -0.450. The summed E-state index contributed by atoms with van der Waals surface area (Å²) in [6.07, 6.45) is 0. The molecular weight excluding hydrogens is 283 g/mol. The number of nitrogens with zero attached hydrogens (tertiary/aromatic N) is 1. The Labute approximate surface area is 111 Å². The highest BCUT2D eigenvalue weighted by Gasteiger charge is 2.23. The number of halogens is 2. The van der Waals surface area contributed by atoms with Crippen molar-refractivity contribution in [3.8, 4) is 0 Å². The van der Waals surface area contributed by atoms with Gasteiger partial charge in [0.05, 0.1) is 0 Å². The highest BCUT2D eigenvalue weighted by atomic mass is 79.9. The molecule has 1 aromatic rings. The molecule has 2 nitrogen and oxygen atoms in total. The van der Waals surface area contributed by atoms with Crippen molar-refractivity contribution in [3.05, 3.63) is 34.1 Å². The van der Waals surface area contributed by atoms with Gasteiger partial charge in [-0.2, -0.15) is 0 Å². The minimum absolute atomic E-state index is 0.0104. The lowest BCUT2D eigenvalue weighted by atomic mass is 10.0. The molecule has 0 heterocycles. The van der Waals surface area contributed by atoms with Gasteiger partial charge in [0.2, 0.25) is 0 Å². The zero-order chi connectivity index (χ0) is 13.1. The molecule has 0 fully saturated rings. The first kappa shape index (κ1) is 14.6. The molecule has 0 unspecified atom stereocenters. The molecule has 0 aromatic heterocycles. The maximum absolute atomic E-state index is 13.6. The van der Waals surface area contributed by atoms with Gasteiger partial charge in [0, 0.05) is 28.7 Å². The fraction of sp³-hybridized carbons (Fsp3) is 0.538. The largest absolute Gasteiger partial charge is 0.318 e. The molecule has 0 bridgehead atoms. The second-order valence-corrected chi connectivity index (χ2v) is 5.85. The minimum atomic E-state index is -0.152. The molecule has 0 amide bonds. The number of hydrogen-bond acceptors (Lipinski definition) is 2. The van der Waals surface area contributed by atoms with Crippen molar-refractivity contribution in [1.29, 1.82) is 0 Å². The van der Waals surface area contributed by atoms with Gasteiger partial charge in [-0.1, -0.05) is 15.9 Å². The van der Waals surface area contributed by atoms with Crippen LogP contribution in [0, 0.1) is 5.82 Å². The Bertz CT molecular complexity index is 380. The van der Waals surface area contributed by atoms with Crippen molar-refractivity contribution in [2.75, 3.05) is 20.6 Å². The molecular formula is C13H20BrFN2. The topological polar surface area (TPSA) is 15.3 Å². The number of nitrogens with one attached hydrogen (secondary N) is 1. The third-order valence-corrected chi connectivity index (χ3v) is 3.55. The molecule has 4 heteroatoms. The van der Waals surface area contributed by atoms with Crippen LogP contribution in [0.3, 0.4) is 0 Å². The summed E-state index contributed by atoms with van der Waals surface area (Å²) >= 11 is 3.37. The van der Waals surface area contributed by atoms with Crippen LogP contribution in [0.5, 0.6) is 0 Å². The van der Waals surface area contributed by atoms with Crippen LogP contribution in [0.4, 0.5) is 4.39 Å². The van der Waals surface area contributed by atoms with E-state index in [0.29, 0.717) is 12.1 Å². The van der Waals surface area contributed by atoms with Gasteiger partial charge in [-0.05, 0) is 46.1 Å². The third kappa shape index (κ3) is 4.05.